The summed E-state index contributed by atoms with van der Waals surface area (Å²) in [5, 5.41) is 2.82. The topological polar surface area (TPSA) is 106 Å². The first-order valence-corrected chi connectivity index (χ1v) is 11.3. The first kappa shape index (κ1) is 20.8. The van der Waals surface area contributed by atoms with Crippen molar-refractivity contribution in [2.24, 2.45) is 0 Å². The molecule has 0 aliphatic carbocycles. The molecule has 2 N–H and O–H groups in total. The zero-order chi connectivity index (χ0) is 22.0. The number of nitrogens with one attached hydrogen (secondary N) is 2. The number of amides is 1. The number of hydrogen-bond donors (Lipinski definition) is 2. The Morgan fingerprint density at radius 1 is 1.13 bits per heavy atom. The van der Waals surface area contributed by atoms with Crippen LogP contribution in [0.15, 0.2) is 70.2 Å². The number of anilines is 1. The standard InChI is InChI=1S/C22H22N4O4S/c1-3-26-20-9-5-4-8-19(20)24-22(26)25-21(27)18-13-17(11-10-15(18)2)31(28,29)23-14-16-7-6-12-30-16/h4-13,23H,3,14H2,1-2H3,(H,24,25,27). The van der Waals surface area contributed by atoms with Gasteiger partial charge in [-0.05, 0) is 55.8 Å². The van der Waals surface area contributed by atoms with Crippen LogP contribution in [0, 0.1) is 6.92 Å². The molecule has 0 aliphatic heterocycles. The van der Waals surface area contributed by atoms with E-state index >= 15 is 0 Å². The van der Waals surface area contributed by atoms with Crippen molar-refractivity contribution in [3.05, 3.63) is 77.7 Å². The molecule has 0 fully saturated rings. The van der Waals surface area contributed by atoms with Gasteiger partial charge in [0.05, 0.1) is 28.7 Å². The summed E-state index contributed by atoms with van der Waals surface area (Å²) in [7, 11) is -3.83. The van der Waals surface area contributed by atoms with Crippen LogP contribution in [0.25, 0.3) is 11.0 Å². The number of sulfonamides is 1. The lowest BCUT2D eigenvalue weighted by Crippen LogP contribution is -2.24. The summed E-state index contributed by atoms with van der Waals surface area (Å²) in [6, 6.07) is 15.4. The fourth-order valence-electron chi connectivity index (χ4n) is 3.34. The number of rotatable bonds is 7. The van der Waals surface area contributed by atoms with Crippen LogP contribution in [0.5, 0.6) is 0 Å². The lowest BCUT2D eigenvalue weighted by atomic mass is 10.1. The van der Waals surface area contributed by atoms with Crippen molar-refractivity contribution in [1.29, 1.82) is 0 Å². The summed E-state index contributed by atoms with van der Waals surface area (Å²) in [6.07, 6.45) is 1.47. The second kappa shape index (κ2) is 8.37. The van der Waals surface area contributed by atoms with Crippen LogP contribution in [0.3, 0.4) is 0 Å². The van der Waals surface area contributed by atoms with Crippen molar-refractivity contribution in [2.45, 2.75) is 31.8 Å². The van der Waals surface area contributed by atoms with Gasteiger partial charge in [-0.3, -0.25) is 10.1 Å². The average Bonchev–Trinajstić information content (AvgIpc) is 3.39. The number of para-hydroxylation sites is 2. The van der Waals surface area contributed by atoms with Crippen molar-refractivity contribution in [3.8, 4) is 0 Å². The van der Waals surface area contributed by atoms with Crippen LogP contribution < -0.4 is 10.0 Å². The molecule has 0 spiro atoms. The minimum atomic E-state index is -3.83. The molecule has 0 atom stereocenters. The Kier molecular flexibility index (Phi) is 5.62. The number of hydrogen-bond acceptors (Lipinski definition) is 5. The average molecular weight is 439 g/mol. The number of furan rings is 1. The fourth-order valence-corrected chi connectivity index (χ4v) is 4.35. The highest BCUT2D eigenvalue weighted by Crippen LogP contribution is 2.22. The molecule has 160 valence electrons. The zero-order valence-electron chi connectivity index (χ0n) is 17.1. The van der Waals surface area contributed by atoms with Crippen LogP contribution in [0.1, 0.15) is 28.6 Å². The van der Waals surface area contributed by atoms with E-state index in [0.29, 0.717) is 23.8 Å². The Balaban J connectivity index is 1.60. The molecule has 2 aromatic carbocycles. The number of nitrogens with zero attached hydrogens (tertiary/aromatic N) is 2. The van der Waals surface area contributed by atoms with Crippen molar-refractivity contribution in [3.63, 3.8) is 0 Å². The van der Waals surface area contributed by atoms with E-state index in [1.54, 1.807) is 25.1 Å². The molecular weight excluding hydrogens is 416 g/mol. The molecule has 0 unspecified atom stereocenters. The zero-order valence-corrected chi connectivity index (χ0v) is 17.9. The molecule has 2 aromatic heterocycles. The second-order valence-corrected chi connectivity index (χ2v) is 8.77. The molecule has 0 radical (unpaired) electrons. The van der Waals surface area contributed by atoms with Gasteiger partial charge in [0.2, 0.25) is 16.0 Å². The predicted octanol–water partition coefficient (Wildman–Crippen LogP) is 3.69. The van der Waals surface area contributed by atoms with Gasteiger partial charge in [0.15, 0.2) is 0 Å². The lowest BCUT2D eigenvalue weighted by Gasteiger charge is -2.11. The van der Waals surface area contributed by atoms with E-state index in [0.717, 1.165) is 11.0 Å². The van der Waals surface area contributed by atoms with Crippen molar-refractivity contribution in [2.75, 3.05) is 5.32 Å². The van der Waals surface area contributed by atoms with Crippen molar-refractivity contribution < 1.29 is 17.6 Å². The Morgan fingerprint density at radius 2 is 1.94 bits per heavy atom. The molecule has 0 saturated carbocycles. The second-order valence-electron chi connectivity index (χ2n) is 7.00. The summed E-state index contributed by atoms with van der Waals surface area (Å²) in [5.74, 6) is 0.481. The number of carbonyl (C=O) groups is 1. The third-order valence-corrected chi connectivity index (χ3v) is 6.38. The maximum absolute atomic E-state index is 13.0. The van der Waals surface area contributed by atoms with E-state index in [-0.39, 0.29) is 17.0 Å². The van der Waals surface area contributed by atoms with Gasteiger partial charge in [0.1, 0.15) is 5.76 Å². The minimum absolute atomic E-state index is 0.00111. The molecule has 4 aromatic rings. The number of fused-ring (bicyclic) bond motifs is 1. The Labute approximate surface area is 180 Å². The first-order chi connectivity index (χ1) is 14.9. The van der Waals surface area contributed by atoms with Crippen molar-refractivity contribution >= 4 is 32.9 Å². The van der Waals surface area contributed by atoms with Crippen LogP contribution in [-0.4, -0.2) is 23.9 Å². The number of aryl methyl sites for hydroxylation is 2. The van der Waals surface area contributed by atoms with Crippen LogP contribution in [0.4, 0.5) is 5.95 Å². The van der Waals surface area contributed by atoms with E-state index in [1.807, 2.05) is 35.8 Å². The molecule has 0 saturated heterocycles. The van der Waals surface area contributed by atoms with Gasteiger partial charge < -0.3 is 8.98 Å². The van der Waals surface area contributed by atoms with Crippen LogP contribution in [-0.2, 0) is 23.1 Å². The van der Waals surface area contributed by atoms with Gasteiger partial charge in [0, 0.05) is 12.1 Å². The minimum Gasteiger partial charge on any atom is -0.468 e. The first-order valence-electron chi connectivity index (χ1n) is 9.78. The Hall–Kier alpha value is -3.43. The van der Waals surface area contributed by atoms with Gasteiger partial charge in [-0.2, -0.15) is 0 Å². The SMILES string of the molecule is CCn1c(NC(=O)c2cc(S(=O)(=O)NCc3ccco3)ccc2C)nc2ccccc21. The maximum Gasteiger partial charge on any atom is 0.258 e. The summed E-state index contributed by atoms with van der Waals surface area (Å²) in [6.45, 7) is 4.36. The quantitative estimate of drug-likeness (QED) is 0.458. The van der Waals surface area contributed by atoms with E-state index in [4.69, 9.17) is 4.42 Å². The van der Waals surface area contributed by atoms with Gasteiger partial charge in [-0.15, -0.1) is 0 Å². The van der Waals surface area contributed by atoms with E-state index in [2.05, 4.69) is 15.0 Å². The summed E-state index contributed by atoms with van der Waals surface area (Å²) >= 11 is 0. The molecule has 0 bridgehead atoms. The van der Waals surface area contributed by atoms with Crippen LogP contribution in [0.2, 0.25) is 0 Å². The number of benzene rings is 2. The maximum atomic E-state index is 13.0. The van der Waals surface area contributed by atoms with Gasteiger partial charge in [-0.25, -0.2) is 18.1 Å². The predicted molar refractivity (Wildman–Crippen MR) is 117 cm³/mol. The highest BCUT2D eigenvalue weighted by atomic mass is 32.2. The van der Waals surface area contributed by atoms with E-state index in [1.165, 1.54) is 18.4 Å². The lowest BCUT2D eigenvalue weighted by molar-refractivity contribution is 0.102. The molecule has 31 heavy (non-hydrogen) atoms. The molecular formula is C22H22N4O4S. The van der Waals surface area contributed by atoms with Gasteiger partial charge in [0.25, 0.3) is 5.91 Å². The third kappa shape index (κ3) is 4.23. The van der Waals surface area contributed by atoms with Crippen LogP contribution >= 0.6 is 0 Å². The van der Waals surface area contributed by atoms with E-state index < -0.39 is 15.9 Å². The molecule has 4 rings (SSSR count). The summed E-state index contributed by atoms with van der Waals surface area (Å²) < 4.78 is 34.9. The smallest absolute Gasteiger partial charge is 0.258 e. The molecule has 9 heteroatoms. The monoisotopic (exact) mass is 438 g/mol. The largest absolute Gasteiger partial charge is 0.468 e. The Bertz CT molecular complexity index is 1340. The molecule has 0 aliphatic rings. The normalized spacial score (nSPS) is 11.7. The molecule has 8 nitrogen and oxygen atoms in total. The number of carbonyl (C=O) groups excluding carboxylic acids is 1. The highest BCUT2D eigenvalue weighted by molar-refractivity contribution is 7.89. The van der Waals surface area contributed by atoms with Crippen molar-refractivity contribution in [1.82, 2.24) is 14.3 Å². The third-order valence-electron chi connectivity index (χ3n) is 4.98. The summed E-state index contributed by atoms with van der Waals surface area (Å²) in [4.78, 5) is 17.5. The number of imidazole rings is 1. The number of aromatic nitrogens is 2. The molecule has 1 amide bonds. The fraction of sp³-hybridized carbons (Fsp3) is 0.182. The van der Waals surface area contributed by atoms with E-state index in [9.17, 15) is 13.2 Å². The summed E-state index contributed by atoms with van der Waals surface area (Å²) in [5.41, 5.74) is 2.60. The van der Waals surface area contributed by atoms with Gasteiger partial charge >= 0.3 is 0 Å². The Morgan fingerprint density at radius 3 is 2.68 bits per heavy atom. The highest BCUT2D eigenvalue weighted by Gasteiger charge is 2.20. The van der Waals surface area contributed by atoms with Gasteiger partial charge in [-0.1, -0.05) is 18.2 Å². The molecule has 2 heterocycles.